The van der Waals surface area contributed by atoms with Crippen LogP contribution in [0.4, 0.5) is 10.1 Å². The fraction of sp³-hybridized carbons (Fsp3) is 0.370. The summed E-state index contributed by atoms with van der Waals surface area (Å²) in [4.78, 5) is 30.5. The van der Waals surface area contributed by atoms with E-state index in [1.54, 1.807) is 56.1 Å². The predicted molar refractivity (Wildman–Crippen MR) is 134 cm³/mol. The quantitative estimate of drug-likeness (QED) is 0.418. The number of nitrogens with one attached hydrogen (secondary N) is 2. The van der Waals surface area contributed by atoms with E-state index in [4.69, 9.17) is 0 Å². The van der Waals surface area contributed by atoms with Crippen molar-refractivity contribution >= 4 is 17.5 Å². The van der Waals surface area contributed by atoms with Gasteiger partial charge in [-0.15, -0.1) is 0 Å². The number of amides is 2. The second kappa shape index (κ2) is 10.6. The van der Waals surface area contributed by atoms with Crippen LogP contribution in [-0.2, 0) is 11.8 Å². The van der Waals surface area contributed by atoms with E-state index in [2.05, 4.69) is 15.6 Å². The van der Waals surface area contributed by atoms with Gasteiger partial charge in [0.25, 0.3) is 11.8 Å². The molecule has 4 rings (SSSR count). The SMILES string of the molecule is Cc1cc(NC(=O)c2c(C)c(C(O)C(=O)N[C@H]3CC[C@@H](O)CC3)n(C)c2-c2ccncc2)ccc1F. The minimum Gasteiger partial charge on any atom is -0.393 e. The lowest BCUT2D eigenvalue weighted by atomic mass is 9.93. The standard InChI is InChI=1S/C27H31FN4O4/c1-15-14-19(6-9-21(15)28)31-26(35)22-16(2)23(32(3)24(22)17-10-12-29-13-11-17)25(34)27(36)30-18-4-7-20(33)8-5-18/h6,9-14,18,20,25,33-34H,4-5,7-8H2,1-3H3,(H,30,36)(H,31,35)/t18-,20+,25?. The van der Waals surface area contributed by atoms with Gasteiger partial charge in [0.15, 0.2) is 6.10 Å². The van der Waals surface area contributed by atoms with Crippen molar-refractivity contribution in [2.24, 2.45) is 7.05 Å². The fourth-order valence-corrected chi connectivity index (χ4v) is 4.90. The van der Waals surface area contributed by atoms with Crippen LogP contribution in [0.2, 0.25) is 0 Å². The van der Waals surface area contributed by atoms with E-state index in [-0.39, 0.29) is 18.0 Å². The van der Waals surface area contributed by atoms with E-state index in [1.165, 1.54) is 12.1 Å². The molecule has 0 radical (unpaired) electrons. The summed E-state index contributed by atoms with van der Waals surface area (Å²) >= 11 is 0. The van der Waals surface area contributed by atoms with E-state index in [0.717, 1.165) is 0 Å². The zero-order valence-corrected chi connectivity index (χ0v) is 20.6. The van der Waals surface area contributed by atoms with Gasteiger partial charge in [0.2, 0.25) is 0 Å². The Morgan fingerprint density at radius 1 is 1.11 bits per heavy atom. The number of aliphatic hydroxyl groups is 2. The highest BCUT2D eigenvalue weighted by Crippen LogP contribution is 2.34. The van der Waals surface area contributed by atoms with Crippen LogP contribution in [0.5, 0.6) is 0 Å². The number of aromatic nitrogens is 2. The Bertz CT molecular complexity index is 1270. The Balaban J connectivity index is 1.69. The average Bonchev–Trinajstić information content (AvgIpc) is 3.12. The maximum atomic E-state index is 13.7. The number of anilines is 1. The second-order valence-corrected chi connectivity index (χ2v) is 9.36. The Morgan fingerprint density at radius 2 is 1.78 bits per heavy atom. The molecule has 1 aliphatic carbocycles. The molecule has 1 atom stereocenters. The van der Waals surface area contributed by atoms with Gasteiger partial charge in [-0.2, -0.15) is 0 Å². The van der Waals surface area contributed by atoms with Crippen molar-refractivity contribution in [2.75, 3.05) is 5.32 Å². The van der Waals surface area contributed by atoms with Crippen LogP contribution in [0.1, 0.15) is 59.0 Å². The van der Waals surface area contributed by atoms with Crippen LogP contribution < -0.4 is 10.6 Å². The molecule has 3 aromatic rings. The second-order valence-electron chi connectivity index (χ2n) is 9.36. The van der Waals surface area contributed by atoms with E-state index >= 15 is 0 Å². The molecule has 0 spiro atoms. The average molecular weight is 495 g/mol. The first-order chi connectivity index (χ1) is 17.2. The Labute approximate surface area is 209 Å². The highest BCUT2D eigenvalue weighted by molar-refractivity contribution is 6.10. The molecule has 1 aliphatic rings. The first-order valence-electron chi connectivity index (χ1n) is 12.0. The zero-order valence-electron chi connectivity index (χ0n) is 20.6. The molecule has 36 heavy (non-hydrogen) atoms. The van der Waals surface area contributed by atoms with Crippen molar-refractivity contribution in [3.05, 3.63) is 70.9 Å². The molecular formula is C27H31FN4O4. The van der Waals surface area contributed by atoms with Crippen LogP contribution in [0.25, 0.3) is 11.3 Å². The molecule has 2 heterocycles. The minimum atomic E-state index is -1.50. The Kier molecular flexibility index (Phi) is 7.51. The van der Waals surface area contributed by atoms with Crippen molar-refractivity contribution in [1.29, 1.82) is 0 Å². The molecule has 1 saturated carbocycles. The van der Waals surface area contributed by atoms with Gasteiger partial charge in [-0.25, -0.2) is 4.39 Å². The van der Waals surface area contributed by atoms with Crippen LogP contribution in [0.15, 0.2) is 42.7 Å². The summed E-state index contributed by atoms with van der Waals surface area (Å²) in [6.07, 6.45) is 3.82. The molecule has 8 nitrogen and oxygen atoms in total. The van der Waals surface area contributed by atoms with Gasteiger partial charge in [0.05, 0.1) is 23.1 Å². The summed E-state index contributed by atoms with van der Waals surface area (Å²) in [7, 11) is 1.70. The number of benzene rings is 1. The van der Waals surface area contributed by atoms with Gasteiger partial charge >= 0.3 is 0 Å². The molecule has 190 valence electrons. The van der Waals surface area contributed by atoms with Gasteiger partial charge < -0.3 is 25.4 Å². The van der Waals surface area contributed by atoms with E-state index in [0.29, 0.717) is 65.0 Å². The van der Waals surface area contributed by atoms with Crippen LogP contribution in [0, 0.1) is 19.7 Å². The van der Waals surface area contributed by atoms with Crippen LogP contribution >= 0.6 is 0 Å². The molecule has 0 bridgehead atoms. The van der Waals surface area contributed by atoms with Gasteiger partial charge in [0, 0.05) is 36.7 Å². The van der Waals surface area contributed by atoms with Crippen molar-refractivity contribution in [2.45, 2.75) is 57.8 Å². The number of pyridine rings is 1. The number of hydrogen-bond donors (Lipinski definition) is 4. The third-order valence-corrected chi connectivity index (χ3v) is 6.84. The molecular weight excluding hydrogens is 463 g/mol. The summed E-state index contributed by atoms with van der Waals surface area (Å²) in [5, 5.41) is 26.5. The maximum absolute atomic E-state index is 13.7. The summed E-state index contributed by atoms with van der Waals surface area (Å²) in [5.74, 6) is -1.37. The monoisotopic (exact) mass is 494 g/mol. The third kappa shape index (κ3) is 5.17. The van der Waals surface area contributed by atoms with Crippen molar-refractivity contribution in [1.82, 2.24) is 14.9 Å². The van der Waals surface area contributed by atoms with Crippen molar-refractivity contribution in [3.63, 3.8) is 0 Å². The smallest absolute Gasteiger partial charge is 0.258 e. The van der Waals surface area contributed by atoms with Crippen LogP contribution in [0.3, 0.4) is 0 Å². The minimum absolute atomic E-state index is 0.125. The molecule has 4 N–H and O–H groups in total. The number of carbonyl (C=O) groups excluding carboxylic acids is 2. The lowest BCUT2D eigenvalue weighted by Gasteiger charge is -2.27. The predicted octanol–water partition coefficient (Wildman–Crippen LogP) is 3.55. The number of carbonyl (C=O) groups is 2. The molecule has 1 aromatic carbocycles. The molecule has 2 amide bonds. The Hall–Kier alpha value is -3.56. The van der Waals surface area contributed by atoms with Gasteiger partial charge in [-0.3, -0.25) is 14.6 Å². The van der Waals surface area contributed by atoms with E-state index in [9.17, 15) is 24.2 Å². The molecule has 1 unspecified atom stereocenters. The molecule has 0 aliphatic heterocycles. The number of rotatable bonds is 6. The topological polar surface area (TPSA) is 116 Å². The highest BCUT2D eigenvalue weighted by Gasteiger charge is 2.32. The summed E-state index contributed by atoms with van der Waals surface area (Å²) in [6, 6.07) is 7.68. The largest absolute Gasteiger partial charge is 0.393 e. The summed E-state index contributed by atoms with van der Waals surface area (Å²) in [6.45, 7) is 3.31. The lowest BCUT2D eigenvalue weighted by Crippen LogP contribution is -2.41. The number of hydrogen-bond acceptors (Lipinski definition) is 5. The molecule has 0 saturated heterocycles. The zero-order chi connectivity index (χ0) is 26.0. The number of aliphatic hydroxyl groups excluding tert-OH is 2. The lowest BCUT2D eigenvalue weighted by molar-refractivity contribution is -0.131. The van der Waals surface area contributed by atoms with Gasteiger partial charge in [0.1, 0.15) is 5.82 Å². The number of nitrogens with zero attached hydrogens (tertiary/aromatic N) is 2. The number of aryl methyl sites for hydroxylation is 1. The van der Waals surface area contributed by atoms with Gasteiger partial charge in [-0.05, 0) is 81.0 Å². The van der Waals surface area contributed by atoms with E-state index < -0.39 is 17.9 Å². The molecule has 1 fully saturated rings. The fourth-order valence-electron chi connectivity index (χ4n) is 4.90. The van der Waals surface area contributed by atoms with Gasteiger partial charge in [-0.1, -0.05) is 0 Å². The summed E-state index contributed by atoms with van der Waals surface area (Å²) in [5.41, 5.74) is 3.11. The van der Waals surface area contributed by atoms with Crippen LogP contribution in [-0.4, -0.2) is 43.7 Å². The van der Waals surface area contributed by atoms with Crippen molar-refractivity contribution in [3.8, 4) is 11.3 Å². The molecule has 9 heteroatoms. The van der Waals surface area contributed by atoms with Crippen molar-refractivity contribution < 1.29 is 24.2 Å². The Morgan fingerprint density at radius 3 is 2.42 bits per heavy atom. The van der Waals surface area contributed by atoms with E-state index in [1.807, 2.05) is 0 Å². The highest BCUT2D eigenvalue weighted by atomic mass is 19.1. The summed E-state index contributed by atoms with van der Waals surface area (Å²) < 4.78 is 15.4. The maximum Gasteiger partial charge on any atom is 0.258 e. The normalized spacial score (nSPS) is 18.5. The first kappa shape index (κ1) is 25.5. The number of halogens is 1. The first-order valence-corrected chi connectivity index (χ1v) is 12.0. The molecule has 2 aromatic heterocycles. The third-order valence-electron chi connectivity index (χ3n) is 6.84.